The van der Waals surface area contributed by atoms with Gasteiger partial charge in [0.25, 0.3) is 5.91 Å². The number of allylic oxidation sites excluding steroid dienone is 2. The first-order valence-corrected chi connectivity index (χ1v) is 8.78. The standard InChI is InChI=1S/C21H18F4N2O4/c1-13-4-3-5-17(22)19(13)30-18-7-6-15(31-21(23,24)25)12-16(18)20(29)27-14(9-11-28)8-10-26-2/h3-12,26H,1-2H3,(H,27,29)/b10-8-,14-9+. The molecule has 0 aromatic heterocycles. The molecule has 0 atom stereocenters. The average molecular weight is 438 g/mol. The molecular weight excluding hydrogens is 420 g/mol. The summed E-state index contributed by atoms with van der Waals surface area (Å²) in [5, 5.41) is 5.03. The van der Waals surface area contributed by atoms with Gasteiger partial charge in [-0.15, -0.1) is 13.2 Å². The van der Waals surface area contributed by atoms with Gasteiger partial charge in [-0.1, -0.05) is 12.1 Å². The monoisotopic (exact) mass is 438 g/mol. The van der Waals surface area contributed by atoms with Crippen molar-refractivity contribution in [1.82, 2.24) is 10.6 Å². The molecule has 10 heteroatoms. The first-order chi connectivity index (χ1) is 14.6. The summed E-state index contributed by atoms with van der Waals surface area (Å²) >= 11 is 0. The number of rotatable bonds is 8. The Morgan fingerprint density at radius 2 is 1.90 bits per heavy atom. The van der Waals surface area contributed by atoms with E-state index in [4.69, 9.17) is 4.74 Å². The molecule has 0 aliphatic heterocycles. The minimum Gasteiger partial charge on any atom is -0.453 e. The van der Waals surface area contributed by atoms with Gasteiger partial charge >= 0.3 is 6.36 Å². The molecule has 0 bridgehead atoms. The number of aryl methyl sites for hydroxylation is 1. The van der Waals surface area contributed by atoms with Crippen molar-refractivity contribution in [2.75, 3.05) is 7.05 Å². The number of amides is 1. The number of alkyl halides is 3. The lowest BCUT2D eigenvalue weighted by Gasteiger charge is -2.16. The number of nitrogens with one attached hydrogen (secondary N) is 2. The molecule has 0 saturated carbocycles. The van der Waals surface area contributed by atoms with Crippen LogP contribution in [0.2, 0.25) is 0 Å². The lowest BCUT2D eigenvalue weighted by atomic mass is 10.1. The van der Waals surface area contributed by atoms with Gasteiger partial charge in [-0.3, -0.25) is 9.59 Å². The van der Waals surface area contributed by atoms with Crippen molar-refractivity contribution in [3.63, 3.8) is 0 Å². The maximum absolute atomic E-state index is 14.2. The molecule has 6 nitrogen and oxygen atoms in total. The highest BCUT2D eigenvalue weighted by Gasteiger charge is 2.32. The van der Waals surface area contributed by atoms with E-state index in [1.54, 1.807) is 20.0 Å². The molecule has 0 aliphatic rings. The van der Waals surface area contributed by atoms with Crippen LogP contribution in [0.5, 0.6) is 17.2 Å². The minimum atomic E-state index is -4.99. The zero-order chi connectivity index (χ0) is 23.0. The van der Waals surface area contributed by atoms with E-state index in [1.807, 2.05) is 0 Å². The van der Waals surface area contributed by atoms with Crippen molar-refractivity contribution < 1.29 is 36.6 Å². The second kappa shape index (κ2) is 10.3. The topological polar surface area (TPSA) is 76.7 Å². The zero-order valence-corrected chi connectivity index (χ0v) is 16.4. The molecule has 31 heavy (non-hydrogen) atoms. The molecular formula is C21H18F4N2O4. The van der Waals surface area contributed by atoms with Crippen molar-refractivity contribution in [3.8, 4) is 17.2 Å². The van der Waals surface area contributed by atoms with Crippen LogP contribution >= 0.6 is 0 Å². The first-order valence-electron chi connectivity index (χ1n) is 8.78. The highest BCUT2D eigenvalue weighted by atomic mass is 19.4. The predicted octanol–water partition coefficient (Wildman–Crippen LogP) is 4.37. The van der Waals surface area contributed by atoms with Crippen molar-refractivity contribution >= 4 is 12.2 Å². The maximum Gasteiger partial charge on any atom is 0.573 e. The Kier molecular flexibility index (Phi) is 7.78. The maximum atomic E-state index is 14.2. The number of ether oxygens (including phenoxy) is 2. The van der Waals surface area contributed by atoms with Gasteiger partial charge in [-0.05, 0) is 49.0 Å². The van der Waals surface area contributed by atoms with Gasteiger partial charge in [-0.25, -0.2) is 4.39 Å². The van der Waals surface area contributed by atoms with Crippen molar-refractivity contribution in [1.29, 1.82) is 0 Å². The Balaban J connectivity index is 2.48. The van der Waals surface area contributed by atoms with Crippen LogP contribution in [0.3, 0.4) is 0 Å². The lowest BCUT2D eigenvalue weighted by molar-refractivity contribution is -0.274. The van der Waals surface area contributed by atoms with E-state index in [0.29, 0.717) is 11.8 Å². The summed E-state index contributed by atoms with van der Waals surface area (Å²) in [4.78, 5) is 23.6. The second-order valence-corrected chi connectivity index (χ2v) is 6.03. The van der Waals surface area contributed by atoms with Crippen LogP contribution in [-0.2, 0) is 4.79 Å². The van der Waals surface area contributed by atoms with E-state index in [9.17, 15) is 27.2 Å². The average Bonchev–Trinajstić information content (AvgIpc) is 2.68. The Morgan fingerprint density at radius 3 is 2.52 bits per heavy atom. The third kappa shape index (κ3) is 6.88. The molecule has 0 spiro atoms. The van der Waals surface area contributed by atoms with Crippen LogP contribution < -0.4 is 20.1 Å². The number of halogens is 4. The first kappa shape index (κ1) is 23.5. The molecule has 164 valence electrons. The van der Waals surface area contributed by atoms with Crippen LogP contribution in [0.15, 0.2) is 60.4 Å². The number of hydrogen-bond donors (Lipinski definition) is 2. The van der Waals surface area contributed by atoms with Crippen LogP contribution in [0.1, 0.15) is 15.9 Å². The van der Waals surface area contributed by atoms with E-state index >= 15 is 0 Å². The largest absolute Gasteiger partial charge is 0.573 e. The van der Waals surface area contributed by atoms with E-state index in [-0.39, 0.29) is 22.8 Å². The molecule has 2 N–H and O–H groups in total. The molecule has 1 amide bonds. The normalized spacial score (nSPS) is 11.9. The van der Waals surface area contributed by atoms with Gasteiger partial charge in [0.2, 0.25) is 0 Å². The van der Waals surface area contributed by atoms with Crippen LogP contribution in [0.4, 0.5) is 17.6 Å². The quantitative estimate of drug-likeness (QED) is 0.277. The van der Waals surface area contributed by atoms with Gasteiger partial charge in [0.1, 0.15) is 17.8 Å². The molecule has 2 aromatic rings. The van der Waals surface area contributed by atoms with Gasteiger partial charge in [0.05, 0.1) is 5.56 Å². The van der Waals surface area contributed by atoms with Crippen LogP contribution in [0, 0.1) is 12.7 Å². The fraction of sp³-hybridized carbons (Fsp3) is 0.143. The number of para-hydroxylation sites is 1. The molecule has 0 saturated heterocycles. The molecule has 0 fully saturated rings. The Morgan fingerprint density at radius 1 is 1.16 bits per heavy atom. The van der Waals surface area contributed by atoms with E-state index in [2.05, 4.69) is 15.4 Å². The summed E-state index contributed by atoms with van der Waals surface area (Å²) < 4.78 is 61.4. The van der Waals surface area contributed by atoms with Crippen molar-refractivity contribution in [2.45, 2.75) is 13.3 Å². The van der Waals surface area contributed by atoms with E-state index < -0.39 is 23.8 Å². The van der Waals surface area contributed by atoms with Crippen molar-refractivity contribution in [2.24, 2.45) is 0 Å². The van der Waals surface area contributed by atoms with Crippen molar-refractivity contribution in [3.05, 3.63) is 77.4 Å². The van der Waals surface area contributed by atoms with E-state index in [1.165, 1.54) is 18.3 Å². The molecule has 2 aromatic carbocycles. The fourth-order valence-electron chi connectivity index (χ4n) is 2.41. The lowest BCUT2D eigenvalue weighted by Crippen LogP contribution is -2.23. The fourth-order valence-corrected chi connectivity index (χ4v) is 2.41. The Bertz CT molecular complexity index is 997. The summed E-state index contributed by atoms with van der Waals surface area (Å²) in [6.45, 7) is 1.56. The summed E-state index contributed by atoms with van der Waals surface area (Å²) in [6, 6.07) is 6.93. The number of hydrogen-bond acceptors (Lipinski definition) is 5. The Labute approximate surface area is 175 Å². The summed E-state index contributed by atoms with van der Waals surface area (Å²) in [6.07, 6.45) is -0.776. The number of benzene rings is 2. The molecule has 0 heterocycles. The number of carbonyl (C=O) groups is 2. The highest BCUT2D eigenvalue weighted by molar-refractivity contribution is 5.99. The predicted molar refractivity (Wildman–Crippen MR) is 104 cm³/mol. The van der Waals surface area contributed by atoms with Gasteiger partial charge in [-0.2, -0.15) is 0 Å². The summed E-state index contributed by atoms with van der Waals surface area (Å²) in [7, 11) is 1.58. The minimum absolute atomic E-state index is 0.0458. The highest BCUT2D eigenvalue weighted by Crippen LogP contribution is 2.34. The molecule has 0 aliphatic carbocycles. The smallest absolute Gasteiger partial charge is 0.453 e. The van der Waals surface area contributed by atoms with Gasteiger partial charge in [0.15, 0.2) is 11.6 Å². The number of carbonyl (C=O) groups excluding carboxylic acids is 2. The van der Waals surface area contributed by atoms with E-state index in [0.717, 1.165) is 30.3 Å². The van der Waals surface area contributed by atoms with Crippen LogP contribution in [0.25, 0.3) is 0 Å². The molecule has 0 radical (unpaired) electrons. The SMILES string of the molecule is CN/C=C\C(=C/C=O)NC(=O)c1cc(OC(F)(F)F)ccc1Oc1c(C)cccc1F. The third-order valence-electron chi connectivity index (χ3n) is 3.74. The van der Waals surface area contributed by atoms with Crippen LogP contribution in [-0.4, -0.2) is 25.6 Å². The summed E-state index contributed by atoms with van der Waals surface area (Å²) in [5.41, 5.74) is 0.0732. The van der Waals surface area contributed by atoms with Gasteiger partial charge < -0.3 is 20.1 Å². The Hall–Kier alpha value is -3.82. The molecule has 2 rings (SSSR count). The van der Waals surface area contributed by atoms with Gasteiger partial charge in [0, 0.05) is 18.8 Å². The zero-order valence-electron chi connectivity index (χ0n) is 16.4. The number of aldehydes is 1. The molecule has 0 unspecified atom stereocenters. The third-order valence-corrected chi connectivity index (χ3v) is 3.74. The second-order valence-electron chi connectivity index (χ2n) is 6.03. The summed E-state index contributed by atoms with van der Waals surface area (Å²) in [5.74, 6) is -2.73.